The van der Waals surface area contributed by atoms with Gasteiger partial charge in [-0.15, -0.1) is 0 Å². The number of rotatable bonds is 11. The van der Waals surface area contributed by atoms with Gasteiger partial charge in [0.25, 0.3) is 5.91 Å². The second kappa shape index (κ2) is 12.0. The Labute approximate surface area is 219 Å². The topological polar surface area (TPSA) is 104 Å². The quantitative estimate of drug-likeness (QED) is 0.252. The van der Waals surface area contributed by atoms with Gasteiger partial charge in [0, 0.05) is 41.7 Å². The van der Waals surface area contributed by atoms with Gasteiger partial charge in [0.05, 0.1) is 17.4 Å². The highest BCUT2D eigenvalue weighted by molar-refractivity contribution is 6.14. The average molecular weight is 500 g/mol. The highest BCUT2D eigenvalue weighted by Crippen LogP contribution is 2.26. The number of carbonyl (C=O) groups is 1. The number of carbonyl (C=O) groups excluding carboxylic acids is 1. The van der Waals surface area contributed by atoms with Crippen LogP contribution >= 0.6 is 0 Å². The number of benzene rings is 2. The largest absolute Gasteiger partial charge is 0.488 e. The zero-order chi connectivity index (χ0) is 26.4. The van der Waals surface area contributed by atoms with E-state index in [0.29, 0.717) is 22.4 Å². The number of nitrogens with two attached hydrogens (primary N) is 1. The van der Waals surface area contributed by atoms with Crippen LogP contribution in [0.1, 0.15) is 66.3 Å². The lowest BCUT2D eigenvalue weighted by Gasteiger charge is -2.36. The molecule has 0 saturated carbocycles. The van der Waals surface area contributed by atoms with Crippen LogP contribution in [0.3, 0.4) is 0 Å². The normalized spacial score (nSPS) is 15.4. The molecule has 1 aromatic heterocycles. The minimum absolute atomic E-state index is 0.205. The van der Waals surface area contributed by atoms with Crippen molar-refractivity contribution in [3.8, 4) is 5.75 Å². The van der Waals surface area contributed by atoms with E-state index in [-0.39, 0.29) is 29.7 Å². The molecule has 4 rings (SSSR count). The van der Waals surface area contributed by atoms with Crippen LogP contribution in [0.25, 0.3) is 0 Å². The summed E-state index contributed by atoms with van der Waals surface area (Å²) in [6.07, 6.45) is 5.14. The molecule has 0 spiro atoms. The fourth-order valence-corrected chi connectivity index (χ4v) is 4.66. The summed E-state index contributed by atoms with van der Waals surface area (Å²) in [4.78, 5) is 20.1. The molecule has 1 fully saturated rings. The second-order valence-electron chi connectivity index (χ2n) is 9.99. The van der Waals surface area contributed by atoms with Gasteiger partial charge in [0.15, 0.2) is 0 Å². The van der Waals surface area contributed by atoms with Gasteiger partial charge in [0.1, 0.15) is 11.9 Å². The van der Waals surface area contributed by atoms with Crippen molar-refractivity contribution in [3.05, 3.63) is 89.2 Å². The van der Waals surface area contributed by atoms with Crippen molar-refractivity contribution in [3.63, 3.8) is 0 Å². The van der Waals surface area contributed by atoms with Crippen molar-refractivity contribution in [2.24, 2.45) is 5.92 Å². The van der Waals surface area contributed by atoms with Crippen molar-refractivity contribution in [1.82, 2.24) is 15.2 Å². The molecule has 7 nitrogen and oxygen atoms in total. The molecule has 4 N–H and O–H groups in total. The number of hydrogen-bond acceptors (Lipinski definition) is 6. The van der Waals surface area contributed by atoms with Gasteiger partial charge in [-0.3, -0.25) is 20.1 Å². The maximum Gasteiger partial charge on any atom is 0.251 e. The van der Waals surface area contributed by atoms with Gasteiger partial charge in [-0.2, -0.15) is 0 Å². The number of nitrogen functional groups attached to an aromatic ring is 1. The lowest BCUT2D eigenvalue weighted by molar-refractivity contribution is 0.0388. The van der Waals surface area contributed by atoms with E-state index < -0.39 is 0 Å². The predicted octanol–water partition coefficient (Wildman–Crippen LogP) is 5.07. The van der Waals surface area contributed by atoms with Gasteiger partial charge in [-0.1, -0.05) is 32.8 Å². The van der Waals surface area contributed by atoms with E-state index in [1.165, 1.54) is 0 Å². The number of hydrogen-bond donors (Lipinski definition) is 3. The SMILES string of the molecule is CCCCC(C)[C@H](NC(=O)c1ccc(N)c(C(=N)c2ccc(OC3CN(C)C3)cc2)c1)c1ccccn1. The first-order valence-corrected chi connectivity index (χ1v) is 13.0. The molecular formula is C30H37N5O2. The fourth-order valence-electron chi connectivity index (χ4n) is 4.66. The molecule has 7 heteroatoms. The highest BCUT2D eigenvalue weighted by Gasteiger charge is 2.25. The fraction of sp³-hybridized carbons (Fsp3) is 0.367. The third-order valence-electron chi connectivity index (χ3n) is 6.94. The lowest BCUT2D eigenvalue weighted by atomic mass is 9.92. The van der Waals surface area contributed by atoms with E-state index in [1.807, 2.05) is 42.5 Å². The van der Waals surface area contributed by atoms with E-state index in [1.54, 1.807) is 24.4 Å². The van der Waals surface area contributed by atoms with Crippen LogP contribution < -0.4 is 15.8 Å². The molecule has 3 aromatic rings. The van der Waals surface area contributed by atoms with E-state index in [4.69, 9.17) is 15.9 Å². The molecule has 1 aliphatic rings. The number of likely N-dealkylation sites (tertiary alicyclic amines) is 1. The Morgan fingerprint density at radius 3 is 2.54 bits per heavy atom. The molecular weight excluding hydrogens is 462 g/mol. The van der Waals surface area contributed by atoms with Crippen LogP contribution in [0.4, 0.5) is 5.69 Å². The summed E-state index contributed by atoms with van der Waals surface area (Å²) in [6, 6.07) is 18.1. The Morgan fingerprint density at radius 1 is 1.16 bits per heavy atom. The summed E-state index contributed by atoms with van der Waals surface area (Å²) in [5, 5.41) is 12.0. The smallest absolute Gasteiger partial charge is 0.251 e. The summed E-state index contributed by atoms with van der Waals surface area (Å²) < 4.78 is 5.96. The van der Waals surface area contributed by atoms with Gasteiger partial charge in [0.2, 0.25) is 0 Å². The number of aromatic nitrogens is 1. The minimum Gasteiger partial charge on any atom is -0.488 e. The predicted molar refractivity (Wildman–Crippen MR) is 148 cm³/mol. The highest BCUT2D eigenvalue weighted by atomic mass is 16.5. The molecule has 2 aromatic carbocycles. The molecule has 1 saturated heterocycles. The molecule has 2 heterocycles. The third-order valence-corrected chi connectivity index (χ3v) is 6.94. The molecule has 2 atom stereocenters. The Bertz CT molecular complexity index is 1210. The Hall–Kier alpha value is -3.71. The van der Waals surface area contributed by atoms with Crippen LogP contribution in [0, 0.1) is 11.3 Å². The summed E-state index contributed by atoms with van der Waals surface area (Å²) >= 11 is 0. The number of nitrogens with zero attached hydrogens (tertiary/aromatic N) is 2. The zero-order valence-corrected chi connectivity index (χ0v) is 21.9. The van der Waals surface area contributed by atoms with Gasteiger partial charge in [-0.25, -0.2) is 0 Å². The van der Waals surface area contributed by atoms with Crippen molar-refractivity contribution in [2.45, 2.75) is 45.3 Å². The van der Waals surface area contributed by atoms with Crippen molar-refractivity contribution < 1.29 is 9.53 Å². The monoisotopic (exact) mass is 499 g/mol. The van der Waals surface area contributed by atoms with Crippen LogP contribution in [-0.4, -0.2) is 47.7 Å². The maximum atomic E-state index is 13.4. The number of anilines is 1. The first-order chi connectivity index (χ1) is 17.9. The van der Waals surface area contributed by atoms with E-state index in [0.717, 1.165) is 43.8 Å². The number of amides is 1. The number of pyridine rings is 1. The van der Waals surface area contributed by atoms with Crippen LogP contribution in [-0.2, 0) is 0 Å². The first-order valence-electron chi connectivity index (χ1n) is 13.0. The molecule has 1 aliphatic heterocycles. The molecule has 0 bridgehead atoms. The summed E-state index contributed by atoms with van der Waals surface area (Å²) in [7, 11) is 2.06. The third kappa shape index (κ3) is 6.54. The van der Waals surface area contributed by atoms with E-state index in [9.17, 15) is 4.79 Å². The Morgan fingerprint density at radius 2 is 1.89 bits per heavy atom. The van der Waals surface area contributed by atoms with Gasteiger partial charge in [-0.05, 0) is 74.0 Å². The Kier molecular flexibility index (Phi) is 8.56. The molecule has 0 aliphatic carbocycles. The minimum atomic E-state index is -0.206. The summed E-state index contributed by atoms with van der Waals surface area (Å²) in [6.45, 7) is 6.15. The van der Waals surface area contributed by atoms with Crippen molar-refractivity contribution >= 4 is 17.3 Å². The summed E-state index contributed by atoms with van der Waals surface area (Å²) in [5.41, 5.74) is 9.51. The standard InChI is InChI=1S/C30H37N5O2/c1-4-5-8-20(2)29(27-9-6-7-16-33-27)34-30(36)22-12-15-26(31)25(17-22)28(32)21-10-13-23(14-11-21)37-24-18-35(3)19-24/h6-7,9-17,20,24,29,32H,4-5,8,18-19,31H2,1-3H3,(H,34,36)/t20?,29-/m0/s1. The van der Waals surface area contributed by atoms with Crippen molar-refractivity contribution in [1.29, 1.82) is 5.41 Å². The van der Waals surface area contributed by atoms with Crippen LogP contribution in [0.15, 0.2) is 66.9 Å². The number of unbranched alkanes of at least 4 members (excludes halogenated alkanes) is 1. The number of likely N-dealkylation sites (N-methyl/N-ethyl adjacent to an activating group) is 1. The maximum absolute atomic E-state index is 13.4. The second-order valence-corrected chi connectivity index (χ2v) is 9.99. The van der Waals surface area contributed by atoms with Gasteiger partial charge < -0.3 is 15.8 Å². The lowest BCUT2D eigenvalue weighted by Crippen LogP contribution is -2.51. The van der Waals surface area contributed by atoms with Crippen molar-refractivity contribution in [2.75, 3.05) is 25.9 Å². The number of nitrogens with one attached hydrogen (secondary N) is 2. The average Bonchev–Trinajstić information content (AvgIpc) is 2.90. The van der Waals surface area contributed by atoms with Crippen LogP contribution in [0.5, 0.6) is 5.75 Å². The number of ether oxygens (including phenoxy) is 1. The molecule has 1 amide bonds. The Balaban J connectivity index is 1.50. The van der Waals surface area contributed by atoms with Crippen LogP contribution in [0.2, 0.25) is 0 Å². The van der Waals surface area contributed by atoms with Gasteiger partial charge >= 0.3 is 0 Å². The molecule has 1 unspecified atom stereocenters. The molecule has 0 radical (unpaired) electrons. The van der Waals surface area contributed by atoms with E-state index in [2.05, 4.69) is 36.1 Å². The first kappa shape index (κ1) is 26.4. The molecule has 37 heavy (non-hydrogen) atoms. The summed E-state index contributed by atoms with van der Waals surface area (Å²) in [5.74, 6) is 0.808. The zero-order valence-electron chi connectivity index (χ0n) is 21.9. The molecule has 194 valence electrons. The van der Waals surface area contributed by atoms with E-state index >= 15 is 0 Å².